The molecule has 0 aliphatic carbocycles. The number of aryl methyl sites for hydroxylation is 2. The van der Waals surface area contributed by atoms with Gasteiger partial charge < -0.3 is 0 Å². The number of halogens is 1. The molecule has 0 radical (unpaired) electrons. The topological polar surface area (TPSA) is 16.1 Å². The van der Waals surface area contributed by atoms with E-state index in [4.69, 9.17) is 0 Å². The van der Waals surface area contributed by atoms with Crippen LogP contribution in [0.1, 0.15) is 35.8 Å². The molecule has 0 N–H and O–H groups in total. The summed E-state index contributed by atoms with van der Waals surface area (Å²) in [6, 6.07) is 0.587. The van der Waals surface area contributed by atoms with Crippen molar-refractivity contribution in [1.29, 1.82) is 0 Å². The molecule has 0 bridgehead atoms. The molecule has 0 amide bonds. The van der Waals surface area contributed by atoms with Crippen LogP contribution < -0.4 is 0 Å². The number of thiazole rings is 1. The Bertz CT molecular complexity index is 303. The van der Waals surface area contributed by atoms with Gasteiger partial charge in [-0.2, -0.15) is 0 Å². The highest BCUT2D eigenvalue weighted by molar-refractivity contribution is 9.09. The van der Waals surface area contributed by atoms with E-state index in [-0.39, 0.29) is 0 Å². The van der Waals surface area contributed by atoms with Gasteiger partial charge in [0.15, 0.2) is 0 Å². The molecule has 0 aromatic carbocycles. The van der Waals surface area contributed by atoms with Crippen LogP contribution in [0.15, 0.2) is 0 Å². The largest absolute Gasteiger partial charge is 0.294 e. The van der Waals surface area contributed by atoms with E-state index < -0.39 is 0 Å². The molecule has 16 heavy (non-hydrogen) atoms. The summed E-state index contributed by atoms with van der Waals surface area (Å²) in [6.07, 6.45) is 1.20. The standard InChI is InChI=1S/C12H21BrN2S/c1-9(2)15(7-5-6-13)8-12-14-10(3)11(4)16-12/h9H,5-8H2,1-4H3. The highest BCUT2D eigenvalue weighted by atomic mass is 79.9. The molecule has 1 aromatic heterocycles. The Morgan fingerprint density at radius 2 is 2.06 bits per heavy atom. The van der Waals surface area contributed by atoms with Gasteiger partial charge >= 0.3 is 0 Å². The van der Waals surface area contributed by atoms with Gasteiger partial charge in [0.25, 0.3) is 0 Å². The van der Waals surface area contributed by atoms with Crippen molar-refractivity contribution in [3.63, 3.8) is 0 Å². The van der Waals surface area contributed by atoms with Crippen LogP contribution in [0.5, 0.6) is 0 Å². The van der Waals surface area contributed by atoms with Crippen LogP contribution in [0.2, 0.25) is 0 Å². The minimum Gasteiger partial charge on any atom is -0.294 e. The van der Waals surface area contributed by atoms with Crippen molar-refractivity contribution in [2.75, 3.05) is 11.9 Å². The summed E-state index contributed by atoms with van der Waals surface area (Å²) in [5, 5.41) is 2.32. The van der Waals surface area contributed by atoms with E-state index in [1.165, 1.54) is 22.0 Å². The fourth-order valence-electron chi connectivity index (χ4n) is 1.56. The zero-order valence-electron chi connectivity index (χ0n) is 10.6. The van der Waals surface area contributed by atoms with Crippen molar-refractivity contribution in [3.05, 3.63) is 15.6 Å². The highest BCUT2D eigenvalue weighted by Gasteiger charge is 2.12. The predicted molar refractivity (Wildman–Crippen MR) is 75.5 cm³/mol. The second-order valence-electron chi connectivity index (χ2n) is 4.36. The quantitative estimate of drug-likeness (QED) is 0.744. The van der Waals surface area contributed by atoms with Gasteiger partial charge in [-0.25, -0.2) is 4.98 Å². The molecule has 0 unspecified atom stereocenters. The molecule has 0 fully saturated rings. The molecule has 1 rings (SSSR count). The SMILES string of the molecule is Cc1nc(CN(CCCBr)C(C)C)sc1C. The zero-order chi connectivity index (χ0) is 12.1. The van der Waals surface area contributed by atoms with Gasteiger partial charge in [0.05, 0.1) is 12.2 Å². The maximum Gasteiger partial charge on any atom is 0.107 e. The summed E-state index contributed by atoms with van der Waals surface area (Å²) in [7, 11) is 0. The maximum absolute atomic E-state index is 4.61. The van der Waals surface area contributed by atoms with E-state index in [1.54, 1.807) is 0 Å². The Hall–Kier alpha value is 0.0700. The minimum absolute atomic E-state index is 0.587. The summed E-state index contributed by atoms with van der Waals surface area (Å²) >= 11 is 5.32. The van der Waals surface area contributed by atoms with Gasteiger partial charge in [0, 0.05) is 16.2 Å². The van der Waals surface area contributed by atoms with Crippen molar-refractivity contribution in [2.24, 2.45) is 0 Å². The number of aromatic nitrogens is 1. The normalized spacial score (nSPS) is 11.7. The first kappa shape index (κ1) is 14.1. The van der Waals surface area contributed by atoms with Crippen molar-refractivity contribution < 1.29 is 0 Å². The molecular weight excluding hydrogens is 284 g/mol. The first-order valence-electron chi connectivity index (χ1n) is 5.77. The van der Waals surface area contributed by atoms with Crippen molar-refractivity contribution in [3.8, 4) is 0 Å². The van der Waals surface area contributed by atoms with Crippen LogP contribution in [0, 0.1) is 13.8 Å². The average Bonchev–Trinajstić information content (AvgIpc) is 2.52. The molecule has 2 nitrogen and oxygen atoms in total. The summed E-state index contributed by atoms with van der Waals surface area (Å²) < 4.78 is 0. The van der Waals surface area contributed by atoms with Crippen molar-refractivity contribution in [2.45, 2.75) is 46.7 Å². The Kier molecular flexibility index (Phi) is 5.94. The number of rotatable bonds is 6. The molecule has 0 saturated carbocycles. The van der Waals surface area contributed by atoms with Gasteiger partial charge in [-0.1, -0.05) is 15.9 Å². The molecule has 1 heterocycles. The molecule has 0 aliphatic heterocycles. The summed E-state index contributed by atoms with van der Waals surface area (Å²) in [4.78, 5) is 8.44. The lowest BCUT2D eigenvalue weighted by molar-refractivity contribution is 0.214. The van der Waals surface area contributed by atoms with E-state index in [2.05, 4.69) is 53.5 Å². The van der Waals surface area contributed by atoms with Crippen molar-refractivity contribution in [1.82, 2.24) is 9.88 Å². The number of alkyl halides is 1. The third kappa shape index (κ3) is 4.15. The lowest BCUT2D eigenvalue weighted by Crippen LogP contribution is -2.31. The number of hydrogen-bond acceptors (Lipinski definition) is 3. The smallest absolute Gasteiger partial charge is 0.107 e. The van der Waals surface area contributed by atoms with Gasteiger partial charge in [0.2, 0.25) is 0 Å². The Morgan fingerprint density at radius 3 is 2.50 bits per heavy atom. The molecule has 0 atom stereocenters. The zero-order valence-corrected chi connectivity index (χ0v) is 13.0. The van der Waals surface area contributed by atoms with Crippen molar-refractivity contribution >= 4 is 27.3 Å². The minimum atomic E-state index is 0.587. The molecule has 1 aromatic rings. The highest BCUT2D eigenvalue weighted by Crippen LogP contribution is 2.19. The fourth-order valence-corrected chi connectivity index (χ4v) is 2.77. The van der Waals surface area contributed by atoms with E-state index >= 15 is 0 Å². The average molecular weight is 305 g/mol. The Labute approximate surface area is 111 Å². The fraction of sp³-hybridized carbons (Fsp3) is 0.750. The molecule has 4 heteroatoms. The van der Waals surface area contributed by atoms with E-state index in [9.17, 15) is 0 Å². The summed E-state index contributed by atoms with van der Waals surface area (Å²) in [5.74, 6) is 0. The Morgan fingerprint density at radius 1 is 1.38 bits per heavy atom. The van der Waals surface area contributed by atoms with Gasteiger partial charge in [-0.3, -0.25) is 4.90 Å². The van der Waals surface area contributed by atoms with E-state index in [0.29, 0.717) is 6.04 Å². The number of hydrogen-bond donors (Lipinski definition) is 0. The molecule has 0 aliphatic rings. The Balaban J connectivity index is 2.60. The first-order valence-corrected chi connectivity index (χ1v) is 7.71. The lowest BCUT2D eigenvalue weighted by atomic mass is 10.3. The van der Waals surface area contributed by atoms with Crippen LogP contribution in [-0.4, -0.2) is 27.8 Å². The van der Waals surface area contributed by atoms with Gasteiger partial charge in [-0.15, -0.1) is 11.3 Å². The van der Waals surface area contributed by atoms with Crippen LogP contribution in [0.3, 0.4) is 0 Å². The third-order valence-electron chi connectivity index (χ3n) is 2.72. The van der Waals surface area contributed by atoms with Crippen LogP contribution in [0.25, 0.3) is 0 Å². The first-order chi connectivity index (χ1) is 7.54. The van der Waals surface area contributed by atoms with E-state index in [1.807, 2.05) is 11.3 Å². The second kappa shape index (κ2) is 6.72. The predicted octanol–water partition coefficient (Wildman–Crippen LogP) is 3.76. The molecule has 0 saturated heterocycles. The molecule has 92 valence electrons. The summed E-state index contributed by atoms with van der Waals surface area (Å²) in [5.41, 5.74) is 1.18. The van der Waals surface area contributed by atoms with Gasteiger partial charge in [0.1, 0.15) is 5.01 Å². The second-order valence-corrected chi connectivity index (χ2v) is 6.44. The van der Waals surface area contributed by atoms with Crippen LogP contribution in [0.4, 0.5) is 0 Å². The van der Waals surface area contributed by atoms with Gasteiger partial charge in [-0.05, 0) is 40.7 Å². The van der Waals surface area contributed by atoms with Crippen LogP contribution >= 0.6 is 27.3 Å². The number of nitrogens with zero attached hydrogens (tertiary/aromatic N) is 2. The lowest BCUT2D eigenvalue weighted by Gasteiger charge is -2.24. The molecule has 0 spiro atoms. The molecular formula is C12H21BrN2S. The maximum atomic E-state index is 4.61. The van der Waals surface area contributed by atoms with Crippen LogP contribution in [-0.2, 0) is 6.54 Å². The summed E-state index contributed by atoms with van der Waals surface area (Å²) in [6.45, 7) is 10.9. The third-order valence-corrected chi connectivity index (χ3v) is 4.34. The monoisotopic (exact) mass is 304 g/mol. The van der Waals surface area contributed by atoms with E-state index in [0.717, 1.165) is 18.4 Å².